The summed E-state index contributed by atoms with van der Waals surface area (Å²) in [6, 6.07) is 15.1. The summed E-state index contributed by atoms with van der Waals surface area (Å²) in [6.07, 6.45) is 1.03. The van der Waals surface area contributed by atoms with Crippen LogP contribution in [0, 0.1) is 10.1 Å². The fourth-order valence-electron chi connectivity index (χ4n) is 2.96. The Kier molecular flexibility index (Phi) is 3.74. The van der Waals surface area contributed by atoms with E-state index in [9.17, 15) is 10.1 Å². The molecular formula is C18H15N3O2S. The number of nitro benzene ring substituents is 1. The summed E-state index contributed by atoms with van der Waals surface area (Å²) in [5, 5.41) is 13.7. The molecule has 1 aliphatic heterocycles. The first-order chi connectivity index (χ1) is 11.7. The SMILES string of the molecule is O=[N+]([O-])c1ccc(-c2nc(N3CCc4ccccc4C3)cs2)cc1. The number of anilines is 1. The van der Waals surface area contributed by atoms with Gasteiger partial charge >= 0.3 is 0 Å². The Morgan fingerprint density at radius 1 is 1.08 bits per heavy atom. The van der Waals surface area contributed by atoms with E-state index in [-0.39, 0.29) is 10.6 Å². The molecule has 0 radical (unpaired) electrons. The van der Waals surface area contributed by atoms with Gasteiger partial charge in [-0.25, -0.2) is 4.98 Å². The van der Waals surface area contributed by atoms with Crippen LogP contribution >= 0.6 is 11.3 Å². The monoisotopic (exact) mass is 337 g/mol. The van der Waals surface area contributed by atoms with E-state index >= 15 is 0 Å². The standard InChI is InChI=1S/C18H15N3O2S/c22-21(23)16-7-5-14(6-8-16)18-19-17(12-24-18)20-10-9-13-3-1-2-4-15(13)11-20/h1-8,12H,9-11H2. The van der Waals surface area contributed by atoms with Gasteiger partial charge < -0.3 is 4.90 Å². The number of thiazole rings is 1. The molecule has 1 aromatic heterocycles. The maximum Gasteiger partial charge on any atom is 0.269 e. The molecule has 5 nitrogen and oxygen atoms in total. The maximum absolute atomic E-state index is 10.7. The summed E-state index contributed by atoms with van der Waals surface area (Å²) in [5.74, 6) is 0.975. The lowest BCUT2D eigenvalue weighted by atomic mass is 10.0. The number of nitro groups is 1. The number of nitrogens with zero attached hydrogens (tertiary/aromatic N) is 3. The number of fused-ring (bicyclic) bond motifs is 1. The quantitative estimate of drug-likeness (QED) is 0.529. The lowest BCUT2D eigenvalue weighted by molar-refractivity contribution is -0.384. The zero-order valence-electron chi connectivity index (χ0n) is 12.9. The fraction of sp³-hybridized carbons (Fsp3) is 0.167. The Morgan fingerprint density at radius 2 is 1.83 bits per heavy atom. The van der Waals surface area contributed by atoms with Gasteiger partial charge in [0.25, 0.3) is 5.69 Å². The minimum atomic E-state index is -0.387. The normalized spacial score (nSPS) is 13.6. The summed E-state index contributed by atoms with van der Waals surface area (Å²) in [5.41, 5.74) is 3.78. The van der Waals surface area contributed by atoms with Gasteiger partial charge in [-0.3, -0.25) is 10.1 Å². The minimum absolute atomic E-state index is 0.100. The Hall–Kier alpha value is -2.73. The van der Waals surface area contributed by atoms with E-state index in [4.69, 9.17) is 4.98 Å². The molecule has 0 unspecified atom stereocenters. The highest BCUT2D eigenvalue weighted by Gasteiger charge is 2.18. The zero-order chi connectivity index (χ0) is 16.5. The van der Waals surface area contributed by atoms with Gasteiger partial charge in [0.2, 0.25) is 0 Å². The van der Waals surface area contributed by atoms with E-state index in [1.165, 1.54) is 23.3 Å². The average molecular weight is 337 g/mol. The van der Waals surface area contributed by atoms with Gasteiger partial charge in [-0.2, -0.15) is 0 Å². The van der Waals surface area contributed by atoms with Gasteiger partial charge in [-0.05, 0) is 29.7 Å². The van der Waals surface area contributed by atoms with Gasteiger partial charge in [0, 0.05) is 36.2 Å². The molecule has 0 saturated carbocycles. The van der Waals surface area contributed by atoms with Crippen molar-refractivity contribution < 1.29 is 4.92 Å². The van der Waals surface area contributed by atoms with Crippen LogP contribution in [0.2, 0.25) is 0 Å². The van der Waals surface area contributed by atoms with Crippen LogP contribution < -0.4 is 4.90 Å². The average Bonchev–Trinajstić information content (AvgIpc) is 3.11. The lowest BCUT2D eigenvalue weighted by Crippen LogP contribution is -2.30. The molecule has 0 amide bonds. The number of non-ortho nitro benzene ring substituents is 1. The highest BCUT2D eigenvalue weighted by molar-refractivity contribution is 7.13. The first-order valence-corrected chi connectivity index (χ1v) is 8.61. The third kappa shape index (κ3) is 2.76. The second-order valence-corrected chi connectivity index (χ2v) is 6.61. The van der Waals surface area contributed by atoms with Crippen LogP contribution in [0.15, 0.2) is 53.9 Å². The Balaban J connectivity index is 1.56. The molecule has 0 saturated heterocycles. The van der Waals surface area contributed by atoms with E-state index in [0.717, 1.165) is 35.9 Å². The van der Waals surface area contributed by atoms with Crippen molar-refractivity contribution in [1.29, 1.82) is 0 Å². The largest absolute Gasteiger partial charge is 0.351 e. The second kappa shape index (κ2) is 6.05. The fourth-order valence-corrected chi connectivity index (χ4v) is 3.80. The first-order valence-electron chi connectivity index (χ1n) is 7.73. The van der Waals surface area contributed by atoms with Crippen molar-refractivity contribution in [3.63, 3.8) is 0 Å². The molecule has 0 N–H and O–H groups in total. The molecule has 0 atom stereocenters. The van der Waals surface area contributed by atoms with E-state index in [1.54, 1.807) is 23.5 Å². The molecular weight excluding hydrogens is 322 g/mol. The van der Waals surface area contributed by atoms with Gasteiger partial charge in [-0.1, -0.05) is 24.3 Å². The molecule has 120 valence electrons. The predicted octanol–water partition coefficient (Wildman–Crippen LogP) is 4.28. The van der Waals surface area contributed by atoms with Crippen LogP contribution in [0.1, 0.15) is 11.1 Å². The van der Waals surface area contributed by atoms with Crippen molar-refractivity contribution in [2.45, 2.75) is 13.0 Å². The zero-order valence-corrected chi connectivity index (χ0v) is 13.7. The summed E-state index contributed by atoms with van der Waals surface area (Å²) < 4.78 is 0. The van der Waals surface area contributed by atoms with E-state index in [2.05, 4.69) is 34.5 Å². The number of aromatic nitrogens is 1. The van der Waals surface area contributed by atoms with E-state index < -0.39 is 0 Å². The summed E-state index contributed by atoms with van der Waals surface area (Å²) in [6.45, 7) is 1.83. The number of hydrogen-bond acceptors (Lipinski definition) is 5. The molecule has 0 fully saturated rings. The van der Waals surface area contributed by atoms with Crippen LogP contribution in [0.3, 0.4) is 0 Å². The van der Waals surface area contributed by atoms with Crippen LogP contribution in [0.5, 0.6) is 0 Å². The van der Waals surface area contributed by atoms with Crippen molar-refractivity contribution in [3.05, 3.63) is 75.2 Å². The van der Waals surface area contributed by atoms with Gasteiger partial charge in [-0.15, -0.1) is 11.3 Å². The maximum atomic E-state index is 10.7. The van der Waals surface area contributed by atoms with Crippen LogP contribution in [0.25, 0.3) is 10.6 Å². The topological polar surface area (TPSA) is 59.3 Å². The smallest absolute Gasteiger partial charge is 0.269 e. The number of benzene rings is 2. The molecule has 6 heteroatoms. The Morgan fingerprint density at radius 3 is 2.58 bits per heavy atom. The summed E-state index contributed by atoms with van der Waals surface area (Å²) >= 11 is 1.57. The third-order valence-corrected chi connectivity index (χ3v) is 5.15. The number of hydrogen-bond donors (Lipinski definition) is 0. The number of rotatable bonds is 3. The first kappa shape index (κ1) is 14.8. The van der Waals surface area contributed by atoms with Crippen molar-refractivity contribution >= 4 is 22.8 Å². The van der Waals surface area contributed by atoms with Crippen molar-refractivity contribution in [1.82, 2.24) is 4.98 Å². The van der Waals surface area contributed by atoms with Crippen molar-refractivity contribution in [2.24, 2.45) is 0 Å². The van der Waals surface area contributed by atoms with E-state index in [0.29, 0.717) is 0 Å². The summed E-state index contributed by atoms with van der Waals surface area (Å²) in [4.78, 5) is 17.4. The van der Waals surface area contributed by atoms with Gasteiger partial charge in [0.05, 0.1) is 4.92 Å². The Labute approximate surface area is 143 Å². The molecule has 0 bridgehead atoms. The lowest BCUT2D eigenvalue weighted by Gasteiger charge is -2.28. The predicted molar refractivity (Wildman–Crippen MR) is 95.4 cm³/mol. The molecule has 2 aromatic carbocycles. The van der Waals surface area contributed by atoms with Crippen molar-refractivity contribution in [2.75, 3.05) is 11.4 Å². The second-order valence-electron chi connectivity index (χ2n) is 5.76. The molecule has 4 rings (SSSR count). The molecule has 3 aromatic rings. The molecule has 0 spiro atoms. The molecule has 0 aliphatic carbocycles. The molecule has 1 aliphatic rings. The highest BCUT2D eigenvalue weighted by Crippen LogP contribution is 2.31. The third-order valence-electron chi connectivity index (χ3n) is 4.27. The van der Waals surface area contributed by atoms with E-state index in [1.807, 2.05) is 0 Å². The van der Waals surface area contributed by atoms with Crippen LogP contribution in [-0.2, 0) is 13.0 Å². The Bertz CT molecular complexity index is 889. The van der Waals surface area contributed by atoms with Crippen LogP contribution in [0.4, 0.5) is 11.5 Å². The van der Waals surface area contributed by atoms with Crippen LogP contribution in [-0.4, -0.2) is 16.5 Å². The molecule has 2 heterocycles. The molecule has 24 heavy (non-hydrogen) atoms. The summed E-state index contributed by atoms with van der Waals surface area (Å²) in [7, 11) is 0. The minimum Gasteiger partial charge on any atom is -0.351 e. The van der Waals surface area contributed by atoms with Gasteiger partial charge in [0.1, 0.15) is 10.8 Å². The van der Waals surface area contributed by atoms with Crippen molar-refractivity contribution in [3.8, 4) is 10.6 Å². The van der Waals surface area contributed by atoms with Gasteiger partial charge in [0.15, 0.2) is 0 Å². The highest BCUT2D eigenvalue weighted by atomic mass is 32.1.